The number of nitrogens with one attached hydrogen (secondary N) is 1. The highest BCUT2D eigenvalue weighted by atomic mass is 35.5. The van der Waals surface area contributed by atoms with E-state index in [1.807, 2.05) is 35.4 Å². The minimum atomic E-state index is -1.02. The van der Waals surface area contributed by atoms with E-state index in [4.69, 9.17) is 22.1 Å². The van der Waals surface area contributed by atoms with Crippen LogP contribution in [0.15, 0.2) is 47.4 Å². The van der Waals surface area contributed by atoms with Gasteiger partial charge in [0.05, 0.1) is 16.4 Å². The first kappa shape index (κ1) is 31.0. The number of likely N-dealkylation sites (tertiary alicyclic amines) is 1. The molecule has 3 aliphatic rings. The summed E-state index contributed by atoms with van der Waals surface area (Å²) in [6.45, 7) is 5.71. The molecule has 2 aromatic heterocycles. The van der Waals surface area contributed by atoms with E-state index in [1.165, 1.54) is 0 Å². The molecule has 6 rings (SSSR count). The summed E-state index contributed by atoms with van der Waals surface area (Å²) in [5, 5.41) is 7.48. The quantitative estimate of drug-likeness (QED) is 0.372. The number of anilines is 3. The number of amides is 4. The van der Waals surface area contributed by atoms with Gasteiger partial charge in [0.1, 0.15) is 0 Å². The number of aryl methyl sites for hydroxylation is 1. The second-order valence-electron chi connectivity index (χ2n) is 11.8. The predicted octanol–water partition coefficient (Wildman–Crippen LogP) is 4.64. The summed E-state index contributed by atoms with van der Waals surface area (Å²) in [6, 6.07) is 7.45. The monoisotopic (exact) mass is 651 g/mol. The molecule has 0 radical (unpaired) electrons. The molecule has 4 amide bonds. The van der Waals surface area contributed by atoms with Crippen LogP contribution in [0.3, 0.4) is 0 Å². The Kier molecular flexibility index (Phi) is 9.32. The Morgan fingerprint density at radius 2 is 1.80 bits per heavy atom. The minimum Gasteiger partial charge on any atom is -0.436 e. The lowest BCUT2D eigenvalue weighted by Crippen LogP contribution is -2.54. The summed E-state index contributed by atoms with van der Waals surface area (Å²) in [5.41, 5.74) is 11.2. The SMILES string of the molecule is Cc1cc(C[C@@H](OC(=O)N2CCC(N3CCc4cscc4NC3=O)CC2)C(=O)N2CCN(c3ccncc3)CC2)cc(Cl)c1N. The average Bonchev–Trinajstić information content (AvgIpc) is 3.43. The number of carbonyl (C=O) groups is 3. The van der Waals surface area contributed by atoms with Crippen molar-refractivity contribution in [2.24, 2.45) is 0 Å². The molecule has 0 saturated carbocycles. The molecule has 11 nitrogen and oxygen atoms in total. The molecule has 3 N–H and O–H groups in total. The van der Waals surface area contributed by atoms with Crippen LogP contribution < -0.4 is 16.0 Å². The number of nitrogens with zero attached hydrogens (tertiary/aromatic N) is 5. The van der Waals surface area contributed by atoms with Gasteiger partial charge in [-0.2, -0.15) is 0 Å². The number of fused-ring (bicyclic) bond motifs is 1. The van der Waals surface area contributed by atoms with Crippen molar-refractivity contribution in [2.45, 2.75) is 44.8 Å². The van der Waals surface area contributed by atoms with Crippen molar-refractivity contribution in [3.8, 4) is 0 Å². The number of piperazine rings is 1. The largest absolute Gasteiger partial charge is 0.436 e. The van der Waals surface area contributed by atoms with Crippen LogP contribution in [-0.2, 0) is 22.4 Å². The molecule has 45 heavy (non-hydrogen) atoms. The van der Waals surface area contributed by atoms with Crippen molar-refractivity contribution in [1.82, 2.24) is 19.7 Å². The number of pyridine rings is 1. The molecule has 0 bridgehead atoms. The minimum absolute atomic E-state index is 0.0238. The van der Waals surface area contributed by atoms with Crippen molar-refractivity contribution in [1.29, 1.82) is 0 Å². The van der Waals surface area contributed by atoms with E-state index in [1.54, 1.807) is 39.6 Å². The Morgan fingerprint density at radius 1 is 1.07 bits per heavy atom. The maximum Gasteiger partial charge on any atom is 0.410 e. The number of thiophene rings is 1. The molecule has 0 unspecified atom stereocenters. The summed E-state index contributed by atoms with van der Waals surface area (Å²) < 4.78 is 5.99. The van der Waals surface area contributed by atoms with E-state index in [-0.39, 0.29) is 24.4 Å². The molecule has 0 aliphatic carbocycles. The standard InChI is InChI=1S/C32H38ClN7O4S/c1-21-16-22(17-26(33)29(21)34)18-28(30(41)38-14-12-37(13-15-38)24-2-7-35-8-3-24)44-32(43)39-9-5-25(6-10-39)40-11-4-23-19-45-20-27(23)36-31(40)42/h2-3,7-8,16-17,19-20,25,28H,4-6,9-15,18,34H2,1H3,(H,36,42)/t28-/m1/s1. The van der Waals surface area contributed by atoms with Crippen LogP contribution in [0.1, 0.15) is 29.5 Å². The van der Waals surface area contributed by atoms with Gasteiger partial charge in [-0.15, -0.1) is 11.3 Å². The number of carbonyl (C=O) groups excluding carboxylic acids is 3. The molecule has 3 aromatic rings. The zero-order chi connectivity index (χ0) is 31.5. The molecular weight excluding hydrogens is 614 g/mol. The van der Waals surface area contributed by atoms with Crippen molar-refractivity contribution < 1.29 is 19.1 Å². The normalized spacial score (nSPS) is 18.2. The van der Waals surface area contributed by atoms with Crippen LogP contribution in [0.2, 0.25) is 5.02 Å². The molecule has 3 aliphatic heterocycles. The lowest BCUT2D eigenvalue weighted by Gasteiger charge is -2.39. The van der Waals surface area contributed by atoms with Crippen LogP contribution in [-0.4, -0.2) is 95.7 Å². The number of hydrogen-bond acceptors (Lipinski definition) is 8. The van der Waals surface area contributed by atoms with E-state index < -0.39 is 12.2 Å². The Bertz CT molecular complexity index is 1510. The first-order chi connectivity index (χ1) is 21.8. The molecule has 1 aromatic carbocycles. The Morgan fingerprint density at radius 3 is 2.51 bits per heavy atom. The van der Waals surface area contributed by atoms with Crippen LogP contribution in [0.5, 0.6) is 0 Å². The number of halogens is 1. The van der Waals surface area contributed by atoms with Gasteiger partial charge >= 0.3 is 12.1 Å². The highest BCUT2D eigenvalue weighted by Gasteiger charge is 2.35. The number of piperidine rings is 1. The van der Waals surface area contributed by atoms with Gasteiger partial charge in [0.25, 0.3) is 5.91 Å². The molecule has 2 saturated heterocycles. The molecule has 2 fully saturated rings. The van der Waals surface area contributed by atoms with Crippen LogP contribution in [0, 0.1) is 6.92 Å². The number of nitrogen functional groups attached to an aromatic ring is 1. The van der Waals surface area contributed by atoms with Gasteiger partial charge in [0, 0.05) is 81.7 Å². The Labute approximate surface area is 271 Å². The van der Waals surface area contributed by atoms with Crippen LogP contribution in [0.4, 0.5) is 26.7 Å². The second-order valence-corrected chi connectivity index (χ2v) is 13.0. The van der Waals surface area contributed by atoms with Crippen molar-refractivity contribution in [3.63, 3.8) is 0 Å². The lowest BCUT2D eigenvalue weighted by molar-refractivity contribution is -0.141. The van der Waals surface area contributed by atoms with Gasteiger partial charge in [-0.25, -0.2) is 9.59 Å². The first-order valence-corrected chi connectivity index (χ1v) is 16.7. The number of ether oxygens (including phenoxy) is 1. The number of rotatable bonds is 6. The summed E-state index contributed by atoms with van der Waals surface area (Å²) in [7, 11) is 0. The highest BCUT2D eigenvalue weighted by Crippen LogP contribution is 2.29. The van der Waals surface area contributed by atoms with E-state index in [0.29, 0.717) is 69.4 Å². The maximum absolute atomic E-state index is 13.9. The zero-order valence-electron chi connectivity index (χ0n) is 25.3. The predicted molar refractivity (Wildman–Crippen MR) is 176 cm³/mol. The Balaban J connectivity index is 1.10. The van der Waals surface area contributed by atoms with E-state index in [9.17, 15) is 14.4 Å². The summed E-state index contributed by atoms with van der Waals surface area (Å²) in [5.74, 6) is -0.230. The molecule has 5 heterocycles. The third kappa shape index (κ3) is 6.96. The fraction of sp³-hybridized carbons (Fsp3) is 0.438. The van der Waals surface area contributed by atoms with Gasteiger partial charge in [-0.1, -0.05) is 17.7 Å². The number of nitrogens with two attached hydrogens (primary N) is 1. The molecule has 0 spiro atoms. The lowest BCUT2D eigenvalue weighted by atomic mass is 10.0. The van der Waals surface area contributed by atoms with Crippen LogP contribution >= 0.6 is 22.9 Å². The van der Waals surface area contributed by atoms with E-state index in [2.05, 4.69) is 20.6 Å². The van der Waals surface area contributed by atoms with Gasteiger partial charge in [-0.05, 0) is 66.5 Å². The van der Waals surface area contributed by atoms with Crippen molar-refractivity contribution in [2.75, 3.05) is 61.8 Å². The maximum atomic E-state index is 13.9. The first-order valence-electron chi connectivity index (χ1n) is 15.3. The zero-order valence-corrected chi connectivity index (χ0v) is 26.9. The highest BCUT2D eigenvalue weighted by molar-refractivity contribution is 7.08. The fourth-order valence-corrected chi connectivity index (χ4v) is 7.45. The third-order valence-corrected chi connectivity index (χ3v) is 10.1. The number of aromatic nitrogens is 1. The summed E-state index contributed by atoms with van der Waals surface area (Å²) >= 11 is 7.96. The molecule has 13 heteroatoms. The number of hydrogen-bond donors (Lipinski definition) is 2. The average molecular weight is 652 g/mol. The number of urea groups is 1. The van der Waals surface area contributed by atoms with Crippen molar-refractivity contribution >= 4 is 58.0 Å². The summed E-state index contributed by atoms with van der Waals surface area (Å²) in [6.07, 6.45) is 4.23. The van der Waals surface area contributed by atoms with Gasteiger partial charge < -0.3 is 35.4 Å². The number of benzene rings is 1. The topological polar surface area (TPSA) is 124 Å². The molecular formula is C32H38ClN7O4S. The van der Waals surface area contributed by atoms with Crippen LogP contribution in [0.25, 0.3) is 0 Å². The third-order valence-electron chi connectivity index (χ3n) is 8.99. The molecule has 238 valence electrons. The van der Waals surface area contributed by atoms with Gasteiger partial charge in [0.2, 0.25) is 0 Å². The van der Waals surface area contributed by atoms with Crippen molar-refractivity contribution in [3.05, 3.63) is 69.1 Å². The van der Waals surface area contributed by atoms with Gasteiger partial charge in [0.15, 0.2) is 6.10 Å². The van der Waals surface area contributed by atoms with Gasteiger partial charge in [-0.3, -0.25) is 9.78 Å². The fourth-order valence-electron chi connectivity index (χ4n) is 6.34. The molecule has 1 atom stereocenters. The summed E-state index contributed by atoms with van der Waals surface area (Å²) in [4.78, 5) is 52.0. The van der Waals surface area contributed by atoms with E-state index in [0.717, 1.165) is 34.5 Å². The van der Waals surface area contributed by atoms with E-state index >= 15 is 0 Å². The Hall–Kier alpha value is -4.03. The smallest absolute Gasteiger partial charge is 0.410 e. The second kappa shape index (κ2) is 13.5.